The highest BCUT2D eigenvalue weighted by Gasteiger charge is 2.34. The summed E-state index contributed by atoms with van der Waals surface area (Å²) in [5, 5.41) is 0. The quantitative estimate of drug-likeness (QED) is 0.441. The lowest BCUT2D eigenvalue weighted by Crippen LogP contribution is -2.13. The minimum atomic E-state index is -4.74. The van der Waals surface area contributed by atoms with Gasteiger partial charge >= 0.3 is 6.18 Å². The van der Waals surface area contributed by atoms with Crippen LogP contribution >= 0.6 is 12.4 Å². The fourth-order valence-electron chi connectivity index (χ4n) is 0.735. The van der Waals surface area contributed by atoms with Crippen molar-refractivity contribution in [3.63, 3.8) is 0 Å². The van der Waals surface area contributed by atoms with E-state index < -0.39 is 17.6 Å². The van der Waals surface area contributed by atoms with Crippen LogP contribution in [-0.4, -0.2) is 4.98 Å². The van der Waals surface area contributed by atoms with Gasteiger partial charge in [-0.05, 0) is 6.07 Å². The molecule has 0 amide bonds. The standard InChI is InChI=1S/C6H5F4N3.ClH/c7-4-2-12-5(13-11)1-3(4)6(8,9)10;/h1-2H,11H2,(H,12,13);1H. The highest BCUT2D eigenvalue weighted by atomic mass is 35.5. The van der Waals surface area contributed by atoms with Crippen LogP contribution in [0.1, 0.15) is 5.56 Å². The Hall–Kier alpha value is -1.08. The van der Waals surface area contributed by atoms with Gasteiger partial charge in [0, 0.05) is 0 Å². The van der Waals surface area contributed by atoms with E-state index in [0.717, 1.165) is 0 Å². The zero-order valence-corrected chi connectivity index (χ0v) is 7.42. The highest BCUT2D eigenvalue weighted by Crippen LogP contribution is 2.31. The van der Waals surface area contributed by atoms with Crippen molar-refractivity contribution >= 4 is 18.2 Å². The van der Waals surface area contributed by atoms with Crippen molar-refractivity contribution in [2.75, 3.05) is 5.43 Å². The van der Waals surface area contributed by atoms with Gasteiger partial charge < -0.3 is 5.43 Å². The van der Waals surface area contributed by atoms with Crippen LogP contribution in [0.15, 0.2) is 12.3 Å². The molecule has 14 heavy (non-hydrogen) atoms. The third kappa shape index (κ3) is 2.71. The molecule has 0 atom stereocenters. The second kappa shape index (κ2) is 4.43. The summed E-state index contributed by atoms with van der Waals surface area (Å²) in [6, 6.07) is 0.495. The van der Waals surface area contributed by atoms with Crippen LogP contribution < -0.4 is 11.3 Å². The van der Waals surface area contributed by atoms with E-state index >= 15 is 0 Å². The normalized spacial score (nSPS) is 10.6. The van der Waals surface area contributed by atoms with E-state index in [2.05, 4.69) is 4.98 Å². The molecule has 0 radical (unpaired) electrons. The smallest absolute Gasteiger partial charge is 0.308 e. The van der Waals surface area contributed by atoms with Gasteiger partial charge in [-0.1, -0.05) is 0 Å². The Morgan fingerprint density at radius 3 is 2.36 bits per heavy atom. The third-order valence-electron chi connectivity index (χ3n) is 1.31. The number of nitrogens with one attached hydrogen (secondary N) is 1. The van der Waals surface area contributed by atoms with E-state index in [1.54, 1.807) is 0 Å². The molecule has 0 unspecified atom stereocenters. The number of hydrogen-bond donors (Lipinski definition) is 2. The molecule has 0 fully saturated rings. The minimum absolute atomic E-state index is 0. The molecule has 1 aromatic heterocycles. The summed E-state index contributed by atoms with van der Waals surface area (Å²) < 4.78 is 48.6. The number of halogens is 5. The topological polar surface area (TPSA) is 50.9 Å². The number of rotatable bonds is 1. The number of hydrazine groups is 1. The van der Waals surface area contributed by atoms with Gasteiger partial charge in [-0.3, -0.25) is 0 Å². The fraction of sp³-hybridized carbons (Fsp3) is 0.167. The van der Waals surface area contributed by atoms with Gasteiger partial charge in [-0.15, -0.1) is 12.4 Å². The molecule has 8 heteroatoms. The van der Waals surface area contributed by atoms with Crippen LogP contribution in [0.5, 0.6) is 0 Å². The predicted octanol–water partition coefficient (Wildman–Crippen LogP) is 1.95. The molecule has 0 aliphatic rings. The molecule has 3 nitrogen and oxygen atoms in total. The van der Waals surface area contributed by atoms with E-state index in [4.69, 9.17) is 5.84 Å². The highest BCUT2D eigenvalue weighted by molar-refractivity contribution is 5.85. The minimum Gasteiger partial charge on any atom is -0.308 e. The van der Waals surface area contributed by atoms with Crippen molar-refractivity contribution in [3.05, 3.63) is 23.6 Å². The first kappa shape index (κ1) is 12.9. The molecule has 0 saturated heterocycles. The molecule has 0 bridgehead atoms. The number of hydrogen-bond acceptors (Lipinski definition) is 3. The van der Waals surface area contributed by atoms with E-state index in [9.17, 15) is 17.6 Å². The summed E-state index contributed by atoms with van der Waals surface area (Å²) in [4.78, 5) is 3.26. The molecular weight excluding hydrogens is 226 g/mol. The maximum atomic E-state index is 12.6. The van der Waals surface area contributed by atoms with Gasteiger partial charge in [0.15, 0.2) is 5.82 Å². The summed E-state index contributed by atoms with van der Waals surface area (Å²) in [6.45, 7) is 0. The molecular formula is C6H6ClF4N3. The van der Waals surface area contributed by atoms with E-state index in [-0.39, 0.29) is 18.2 Å². The van der Waals surface area contributed by atoms with E-state index in [1.165, 1.54) is 0 Å². The lowest BCUT2D eigenvalue weighted by molar-refractivity contribution is -0.140. The summed E-state index contributed by atoms with van der Waals surface area (Å²) in [6.07, 6.45) is -4.28. The van der Waals surface area contributed by atoms with Crippen LogP contribution in [0, 0.1) is 5.82 Å². The van der Waals surface area contributed by atoms with E-state index in [0.29, 0.717) is 12.3 Å². The summed E-state index contributed by atoms with van der Waals surface area (Å²) in [7, 11) is 0. The Bertz CT molecular complexity index is 314. The second-order valence-corrected chi connectivity index (χ2v) is 2.19. The van der Waals surface area contributed by atoms with E-state index in [1.807, 2.05) is 5.43 Å². The SMILES string of the molecule is Cl.NNc1cc(C(F)(F)F)c(F)cn1. The molecule has 0 saturated carbocycles. The molecule has 0 aliphatic carbocycles. The lowest BCUT2D eigenvalue weighted by atomic mass is 10.2. The first-order chi connectivity index (χ1) is 5.95. The van der Waals surface area contributed by atoms with Crippen molar-refractivity contribution in [2.45, 2.75) is 6.18 Å². The van der Waals surface area contributed by atoms with Crippen LogP contribution in [-0.2, 0) is 6.18 Å². The van der Waals surface area contributed by atoms with Crippen LogP contribution in [0.25, 0.3) is 0 Å². The first-order valence-electron chi connectivity index (χ1n) is 3.14. The Morgan fingerprint density at radius 2 is 1.93 bits per heavy atom. The van der Waals surface area contributed by atoms with Gasteiger partial charge in [0.05, 0.1) is 11.8 Å². The second-order valence-electron chi connectivity index (χ2n) is 2.19. The average molecular weight is 232 g/mol. The number of nitrogen functional groups attached to an aromatic ring is 1. The largest absolute Gasteiger partial charge is 0.419 e. The molecule has 3 N–H and O–H groups in total. The Morgan fingerprint density at radius 1 is 1.36 bits per heavy atom. The van der Waals surface area contributed by atoms with Crippen LogP contribution in [0.3, 0.4) is 0 Å². The Kier molecular flexibility index (Phi) is 4.08. The van der Waals surface area contributed by atoms with Crippen molar-refractivity contribution in [3.8, 4) is 0 Å². The summed E-state index contributed by atoms with van der Waals surface area (Å²) in [5.41, 5.74) is 0.496. The monoisotopic (exact) mass is 231 g/mol. The Labute approximate surface area is 82.7 Å². The number of nitrogens with zero attached hydrogens (tertiary/aromatic N) is 1. The number of nitrogens with two attached hydrogens (primary N) is 1. The maximum absolute atomic E-state index is 12.6. The number of anilines is 1. The molecule has 80 valence electrons. The average Bonchev–Trinajstić information content (AvgIpc) is 2.03. The van der Waals surface area contributed by atoms with Gasteiger partial charge in [0.25, 0.3) is 0 Å². The van der Waals surface area contributed by atoms with Gasteiger partial charge in [0.2, 0.25) is 0 Å². The first-order valence-corrected chi connectivity index (χ1v) is 3.14. The number of pyridine rings is 1. The molecule has 1 aromatic rings. The van der Waals surface area contributed by atoms with Gasteiger partial charge in [-0.2, -0.15) is 13.2 Å². The fourth-order valence-corrected chi connectivity index (χ4v) is 0.735. The number of aromatic nitrogens is 1. The van der Waals surface area contributed by atoms with Crippen molar-refractivity contribution in [1.82, 2.24) is 4.98 Å². The summed E-state index contributed by atoms with van der Waals surface area (Å²) >= 11 is 0. The Balaban J connectivity index is 0.00000169. The van der Waals surface area contributed by atoms with Gasteiger partial charge in [0.1, 0.15) is 5.82 Å². The molecule has 0 aromatic carbocycles. The van der Waals surface area contributed by atoms with Crippen molar-refractivity contribution < 1.29 is 17.6 Å². The van der Waals surface area contributed by atoms with Crippen LogP contribution in [0.2, 0.25) is 0 Å². The van der Waals surface area contributed by atoms with Crippen molar-refractivity contribution in [2.24, 2.45) is 5.84 Å². The third-order valence-corrected chi connectivity index (χ3v) is 1.31. The predicted molar refractivity (Wildman–Crippen MR) is 44.3 cm³/mol. The molecule has 0 spiro atoms. The summed E-state index contributed by atoms with van der Waals surface area (Å²) in [5.74, 6) is 3.14. The molecule has 1 heterocycles. The van der Waals surface area contributed by atoms with Gasteiger partial charge in [-0.25, -0.2) is 15.2 Å². The zero-order chi connectivity index (χ0) is 10.1. The van der Waals surface area contributed by atoms with Crippen LogP contribution in [0.4, 0.5) is 23.4 Å². The molecule has 0 aliphatic heterocycles. The number of alkyl halides is 3. The zero-order valence-electron chi connectivity index (χ0n) is 6.60. The maximum Gasteiger partial charge on any atom is 0.419 e. The molecule has 1 rings (SSSR count). The van der Waals surface area contributed by atoms with Crippen molar-refractivity contribution in [1.29, 1.82) is 0 Å². The lowest BCUT2D eigenvalue weighted by Gasteiger charge is -2.08.